The van der Waals surface area contributed by atoms with Gasteiger partial charge in [0.1, 0.15) is 13.2 Å². The average molecular weight is 398 g/mol. The molecule has 1 aliphatic heterocycles. The summed E-state index contributed by atoms with van der Waals surface area (Å²) in [4.78, 5) is 0.186. The minimum atomic E-state index is -3.93. The predicted molar refractivity (Wildman–Crippen MR) is 93.8 cm³/mol. The molecule has 0 amide bonds. The summed E-state index contributed by atoms with van der Waals surface area (Å²) < 4.78 is 64.2. The van der Waals surface area contributed by atoms with E-state index >= 15 is 0 Å². The van der Waals surface area contributed by atoms with Crippen LogP contribution in [0.3, 0.4) is 0 Å². The highest BCUT2D eigenvalue weighted by Crippen LogP contribution is 2.34. The number of aryl methyl sites for hydroxylation is 1. The summed E-state index contributed by atoms with van der Waals surface area (Å²) in [6, 6.07) is 10.8. The Hall–Kier alpha value is -2.10. The third-order valence-corrected chi connectivity index (χ3v) is 6.39. The van der Waals surface area contributed by atoms with Gasteiger partial charge in [-0.1, -0.05) is 18.2 Å². The minimum Gasteiger partial charge on any atom is -0.486 e. The van der Waals surface area contributed by atoms with E-state index in [2.05, 4.69) is 0 Å². The number of hydrogen-bond donors (Lipinski definition) is 0. The Morgan fingerprint density at radius 3 is 2.50 bits per heavy atom. The Kier molecular flexibility index (Phi) is 4.96. The molecular weight excluding hydrogens is 380 g/mol. The van der Waals surface area contributed by atoms with Gasteiger partial charge in [-0.05, 0) is 30.7 Å². The van der Waals surface area contributed by atoms with Crippen LogP contribution in [0.2, 0.25) is 0 Å². The van der Waals surface area contributed by atoms with Crippen LogP contribution in [0.5, 0.6) is 11.5 Å². The summed E-state index contributed by atoms with van der Waals surface area (Å²) in [5.74, 6) is 0.636. The molecule has 26 heavy (non-hydrogen) atoms. The van der Waals surface area contributed by atoms with Gasteiger partial charge in [-0.2, -0.15) is 8.42 Å². The van der Waals surface area contributed by atoms with Crippen molar-refractivity contribution in [2.45, 2.75) is 22.8 Å². The lowest BCUT2D eigenvalue weighted by atomic mass is 10.2. The first-order valence-electron chi connectivity index (χ1n) is 7.75. The molecule has 0 unspecified atom stereocenters. The molecule has 0 fully saturated rings. The standard InChI is InChI=1S/C17H18O7S2/c1-12-5-3-4-6-17(12)26(20,21)23-11-13-10-22-15-8-7-14(25(2,18)19)9-16(15)24-13/h3-9,13H,10-11H2,1-2H3/t13-/m1/s1. The Morgan fingerprint density at radius 1 is 1.08 bits per heavy atom. The summed E-state index contributed by atoms with van der Waals surface area (Å²) in [6.07, 6.45) is 0.407. The highest BCUT2D eigenvalue weighted by molar-refractivity contribution is 7.90. The van der Waals surface area contributed by atoms with Gasteiger partial charge in [0.2, 0.25) is 0 Å². The zero-order valence-electron chi connectivity index (χ0n) is 14.2. The number of ether oxygens (including phenoxy) is 2. The minimum absolute atomic E-state index is 0.0916. The second kappa shape index (κ2) is 6.90. The highest BCUT2D eigenvalue weighted by Gasteiger charge is 2.26. The van der Waals surface area contributed by atoms with E-state index in [1.807, 2.05) is 0 Å². The number of fused-ring (bicyclic) bond motifs is 1. The monoisotopic (exact) mass is 398 g/mol. The van der Waals surface area contributed by atoms with Crippen LogP contribution < -0.4 is 9.47 Å². The molecule has 0 bridgehead atoms. The Morgan fingerprint density at radius 2 is 1.81 bits per heavy atom. The Bertz CT molecular complexity index is 1030. The molecule has 2 aromatic rings. The van der Waals surface area contributed by atoms with E-state index in [0.717, 1.165) is 6.26 Å². The van der Waals surface area contributed by atoms with Crippen molar-refractivity contribution in [2.75, 3.05) is 19.5 Å². The van der Waals surface area contributed by atoms with Crippen molar-refractivity contribution >= 4 is 20.0 Å². The molecule has 0 spiro atoms. The van der Waals surface area contributed by atoms with Crippen LogP contribution in [0.4, 0.5) is 0 Å². The van der Waals surface area contributed by atoms with E-state index in [1.54, 1.807) is 25.1 Å². The number of hydrogen-bond acceptors (Lipinski definition) is 7. The maximum atomic E-state index is 12.3. The third kappa shape index (κ3) is 4.00. The van der Waals surface area contributed by atoms with Crippen LogP contribution in [-0.4, -0.2) is 42.4 Å². The van der Waals surface area contributed by atoms with Crippen LogP contribution >= 0.6 is 0 Å². The topological polar surface area (TPSA) is 96.0 Å². The average Bonchev–Trinajstić information content (AvgIpc) is 2.59. The summed E-state index contributed by atoms with van der Waals surface area (Å²) in [5, 5.41) is 0. The fourth-order valence-electron chi connectivity index (χ4n) is 2.47. The fraction of sp³-hybridized carbons (Fsp3) is 0.294. The van der Waals surface area contributed by atoms with Crippen molar-refractivity contribution < 1.29 is 30.5 Å². The van der Waals surface area contributed by atoms with Crippen molar-refractivity contribution in [1.82, 2.24) is 0 Å². The first-order chi connectivity index (χ1) is 12.2. The lowest BCUT2D eigenvalue weighted by Gasteiger charge is -2.26. The molecule has 1 atom stereocenters. The zero-order chi connectivity index (χ0) is 18.9. The molecule has 1 aliphatic rings. The van der Waals surface area contributed by atoms with Crippen LogP contribution in [-0.2, 0) is 24.1 Å². The highest BCUT2D eigenvalue weighted by atomic mass is 32.2. The van der Waals surface area contributed by atoms with Gasteiger partial charge in [0, 0.05) is 12.3 Å². The summed E-state index contributed by atoms with van der Waals surface area (Å²) >= 11 is 0. The summed E-state index contributed by atoms with van der Waals surface area (Å²) in [5.41, 5.74) is 0.580. The Balaban J connectivity index is 1.73. The number of benzene rings is 2. The fourth-order valence-corrected chi connectivity index (χ4v) is 4.28. The predicted octanol–water partition coefficient (Wildman–Crippen LogP) is 1.94. The van der Waals surface area contributed by atoms with Crippen molar-refractivity contribution in [3.05, 3.63) is 48.0 Å². The molecular formula is C17H18O7S2. The van der Waals surface area contributed by atoms with Gasteiger partial charge in [0.25, 0.3) is 10.1 Å². The second-order valence-corrected chi connectivity index (χ2v) is 9.54. The van der Waals surface area contributed by atoms with Crippen molar-refractivity contribution in [3.8, 4) is 11.5 Å². The SMILES string of the molecule is Cc1ccccc1S(=O)(=O)OC[C@H]1COc2ccc(S(C)(=O)=O)cc2O1. The summed E-state index contributed by atoms with van der Waals surface area (Å²) in [6.45, 7) is 1.52. The molecule has 0 N–H and O–H groups in total. The van der Waals surface area contributed by atoms with Crippen molar-refractivity contribution in [1.29, 1.82) is 0 Å². The lowest BCUT2D eigenvalue weighted by Crippen LogP contribution is -2.34. The normalized spacial score (nSPS) is 17.1. The van der Waals surface area contributed by atoms with Crippen LogP contribution in [0.1, 0.15) is 5.56 Å². The van der Waals surface area contributed by atoms with Crippen molar-refractivity contribution in [3.63, 3.8) is 0 Å². The third-order valence-electron chi connectivity index (χ3n) is 3.83. The lowest BCUT2D eigenvalue weighted by molar-refractivity contribution is 0.0551. The number of sulfone groups is 1. The van der Waals surface area contributed by atoms with E-state index in [9.17, 15) is 16.8 Å². The maximum absolute atomic E-state index is 12.3. The molecule has 2 aromatic carbocycles. The van der Waals surface area contributed by atoms with Gasteiger partial charge in [0.05, 0.1) is 9.79 Å². The van der Waals surface area contributed by atoms with E-state index in [1.165, 1.54) is 24.3 Å². The number of rotatable bonds is 5. The largest absolute Gasteiger partial charge is 0.486 e. The van der Waals surface area contributed by atoms with Gasteiger partial charge in [0.15, 0.2) is 27.4 Å². The van der Waals surface area contributed by atoms with E-state index in [0.29, 0.717) is 11.3 Å². The molecule has 1 heterocycles. The van der Waals surface area contributed by atoms with Gasteiger partial charge in [-0.3, -0.25) is 4.18 Å². The molecule has 0 saturated carbocycles. The summed E-state index contributed by atoms with van der Waals surface area (Å²) in [7, 11) is -7.32. The quantitative estimate of drug-likeness (QED) is 0.710. The smallest absolute Gasteiger partial charge is 0.297 e. The van der Waals surface area contributed by atoms with Gasteiger partial charge >= 0.3 is 0 Å². The van der Waals surface area contributed by atoms with E-state index in [-0.39, 0.29) is 28.8 Å². The van der Waals surface area contributed by atoms with Crippen molar-refractivity contribution in [2.24, 2.45) is 0 Å². The molecule has 0 aromatic heterocycles. The second-order valence-electron chi connectivity index (χ2n) is 5.94. The molecule has 140 valence electrons. The van der Waals surface area contributed by atoms with Gasteiger partial charge in [-0.15, -0.1) is 0 Å². The van der Waals surface area contributed by atoms with Crippen LogP contribution in [0.25, 0.3) is 0 Å². The first-order valence-corrected chi connectivity index (χ1v) is 11.1. The molecule has 3 rings (SSSR count). The van der Waals surface area contributed by atoms with E-state index < -0.39 is 26.1 Å². The molecule has 9 heteroatoms. The molecule has 0 aliphatic carbocycles. The molecule has 0 saturated heterocycles. The van der Waals surface area contributed by atoms with Crippen LogP contribution in [0.15, 0.2) is 52.3 Å². The zero-order valence-corrected chi connectivity index (χ0v) is 15.8. The van der Waals surface area contributed by atoms with Crippen LogP contribution in [0, 0.1) is 6.92 Å². The molecule has 0 radical (unpaired) electrons. The molecule has 7 nitrogen and oxygen atoms in total. The van der Waals surface area contributed by atoms with E-state index in [4.69, 9.17) is 13.7 Å². The van der Waals surface area contributed by atoms with Gasteiger partial charge in [-0.25, -0.2) is 8.42 Å². The Labute approximate surface area is 152 Å². The first kappa shape index (κ1) is 18.7. The van der Waals surface area contributed by atoms with Gasteiger partial charge < -0.3 is 9.47 Å². The maximum Gasteiger partial charge on any atom is 0.297 e.